The molecular formula is C11H17N. The van der Waals surface area contributed by atoms with Crippen LogP contribution < -0.4 is 5.32 Å². The van der Waals surface area contributed by atoms with E-state index in [9.17, 15) is 0 Å². The zero-order valence-corrected chi connectivity index (χ0v) is 7.55. The van der Waals surface area contributed by atoms with Crippen LogP contribution in [0.1, 0.15) is 19.3 Å². The van der Waals surface area contributed by atoms with E-state index >= 15 is 0 Å². The molecule has 0 bridgehead atoms. The quantitative estimate of drug-likeness (QED) is 0.485. The summed E-state index contributed by atoms with van der Waals surface area (Å²) in [5, 5.41) is 3.38. The Labute approximate surface area is 74.9 Å². The minimum absolute atomic E-state index is 1.04. The van der Waals surface area contributed by atoms with Gasteiger partial charge in [0.05, 0.1) is 0 Å². The maximum atomic E-state index is 3.68. The van der Waals surface area contributed by atoms with Crippen molar-refractivity contribution in [2.24, 2.45) is 0 Å². The molecule has 1 nitrogen and oxygen atoms in total. The predicted molar refractivity (Wildman–Crippen MR) is 54.1 cm³/mol. The van der Waals surface area contributed by atoms with Gasteiger partial charge < -0.3 is 5.32 Å². The Morgan fingerprint density at radius 3 is 3.17 bits per heavy atom. The number of hydrogen-bond donors (Lipinski definition) is 1. The van der Waals surface area contributed by atoms with Crippen molar-refractivity contribution >= 4 is 0 Å². The molecule has 0 spiro atoms. The van der Waals surface area contributed by atoms with Crippen LogP contribution in [-0.4, -0.2) is 13.1 Å². The summed E-state index contributed by atoms with van der Waals surface area (Å²) in [6.07, 6.45) is 12.0. The maximum Gasteiger partial charge on any atom is 0.0167 e. The molecule has 66 valence electrons. The molecule has 0 amide bonds. The van der Waals surface area contributed by atoms with Crippen LogP contribution in [0.4, 0.5) is 0 Å². The van der Waals surface area contributed by atoms with E-state index in [2.05, 4.69) is 30.1 Å². The van der Waals surface area contributed by atoms with Crippen molar-refractivity contribution in [3.8, 4) is 0 Å². The Bertz CT molecular complexity index is 189. The van der Waals surface area contributed by atoms with E-state index in [1.54, 1.807) is 0 Å². The van der Waals surface area contributed by atoms with E-state index in [0.29, 0.717) is 0 Å². The van der Waals surface area contributed by atoms with E-state index in [4.69, 9.17) is 0 Å². The third kappa shape index (κ3) is 3.54. The average Bonchev–Trinajstić information content (AvgIpc) is 2.14. The molecule has 1 aliphatic rings. The normalized spacial score (nSPS) is 15.8. The number of rotatable bonds is 5. The maximum absolute atomic E-state index is 3.68. The second-order valence-electron chi connectivity index (χ2n) is 3.05. The molecule has 1 aliphatic carbocycles. The van der Waals surface area contributed by atoms with Crippen molar-refractivity contribution in [1.82, 2.24) is 5.32 Å². The Morgan fingerprint density at radius 1 is 1.58 bits per heavy atom. The van der Waals surface area contributed by atoms with Gasteiger partial charge >= 0.3 is 0 Å². The van der Waals surface area contributed by atoms with Gasteiger partial charge in [-0.15, -0.1) is 6.58 Å². The van der Waals surface area contributed by atoms with Crippen LogP contribution in [0.25, 0.3) is 0 Å². The zero-order chi connectivity index (χ0) is 8.65. The summed E-state index contributed by atoms with van der Waals surface area (Å²) in [5.74, 6) is 0. The highest BCUT2D eigenvalue weighted by Gasteiger charge is 1.97. The van der Waals surface area contributed by atoms with Gasteiger partial charge in [0.25, 0.3) is 0 Å². The molecule has 0 atom stereocenters. The van der Waals surface area contributed by atoms with Crippen LogP contribution in [0.5, 0.6) is 0 Å². The highest BCUT2D eigenvalue weighted by atomic mass is 14.8. The third-order valence-electron chi connectivity index (χ3n) is 1.98. The molecule has 0 aromatic heterocycles. The summed E-state index contributed by atoms with van der Waals surface area (Å²) in [7, 11) is 0. The first-order valence-corrected chi connectivity index (χ1v) is 4.59. The van der Waals surface area contributed by atoms with Crippen LogP contribution in [0.3, 0.4) is 0 Å². The van der Waals surface area contributed by atoms with Gasteiger partial charge in [0, 0.05) is 6.54 Å². The minimum Gasteiger partial charge on any atom is -0.313 e. The van der Waals surface area contributed by atoms with Crippen molar-refractivity contribution in [1.29, 1.82) is 0 Å². The molecule has 0 radical (unpaired) electrons. The Kier molecular flexibility index (Phi) is 4.47. The van der Waals surface area contributed by atoms with E-state index in [0.717, 1.165) is 19.5 Å². The molecular weight excluding hydrogens is 146 g/mol. The first kappa shape index (κ1) is 9.27. The molecule has 1 rings (SSSR count). The standard InChI is InChI=1S/C11H17N/c1-2-3-9-12-10-11-7-5-4-6-8-11/h2,4-5,7,12H,1,3,6,8-10H2. The molecule has 0 saturated carbocycles. The van der Waals surface area contributed by atoms with Gasteiger partial charge in [-0.1, -0.05) is 29.9 Å². The number of hydrogen-bond acceptors (Lipinski definition) is 1. The Hall–Kier alpha value is -0.820. The number of allylic oxidation sites excluding steroid dienone is 3. The van der Waals surface area contributed by atoms with Crippen LogP contribution >= 0.6 is 0 Å². The fourth-order valence-corrected chi connectivity index (χ4v) is 1.25. The minimum atomic E-state index is 1.04. The first-order chi connectivity index (χ1) is 5.93. The van der Waals surface area contributed by atoms with E-state index < -0.39 is 0 Å². The van der Waals surface area contributed by atoms with Gasteiger partial charge in [-0.3, -0.25) is 0 Å². The second kappa shape index (κ2) is 5.78. The van der Waals surface area contributed by atoms with E-state index in [1.807, 2.05) is 6.08 Å². The fraction of sp³-hybridized carbons (Fsp3) is 0.455. The summed E-state index contributed by atoms with van der Waals surface area (Å²) in [5.41, 5.74) is 1.52. The van der Waals surface area contributed by atoms with Gasteiger partial charge in [0.15, 0.2) is 0 Å². The largest absolute Gasteiger partial charge is 0.313 e. The molecule has 0 heterocycles. The van der Waals surface area contributed by atoms with Gasteiger partial charge in [0.2, 0.25) is 0 Å². The lowest BCUT2D eigenvalue weighted by molar-refractivity contribution is 0.716. The lowest BCUT2D eigenvalue weighted by Crippen LogP contribution is -2.18. The topological polar surface area (TPSA) is 12.0 Å². The van der Waals surface area contributed by atoms with Crippen molar-refractivity contribution in [3.63, 3.8) is 0 Å². The Morgan fingerprint density at radius 2 is 2.50 bits per heavy atom. The summed E-state index contributed by atoms with van der Waals surface area (Å²) in [6, 6.07) is 0. The molecule has 0 aromatic rings. The predicted octanol–water partition coefficient (Wildman–Crippen LogP) is 2.43. The van der Waals surface area contributed by atoms with Gasteiger partial charge in [-0.05, 0) is 25.8 Å². The molecule has 0 aliphatic heterocycles. The van der Waals surface area contributed by atoms with Crippen LogP contribution in [-0.2, 0) is 0 Å². The lowest BCUT2D eigenvalue weighted by atomic mass is 10.1. The third-order valence-corrected chi connectivity index (χ3v) is 1.98. The zero-order valence-electron chi connectivity index (χ0n) is 7.55. The fourth-order valence-electron chi connectivity index (χ4n) is 1.25. The smallest absolute Gasteiger partial charge is 0.0167 e. The van der Waals surface area contributed by atoms with Crippen molar-refractivity contribution in [2.45, 2.75) is 19.3 Å². The van der Waals surface area contributed by atoms with Gasteiger partial charge in [0.1, 0.15) is 0 Å². The van der Waals surface area contributed by atoms with Crippen LogP contribution in [0, 0.1) is 0 Å². The van der Waals surface area contributed by atoms with Crippen molar-refractivity contribution < 1.29 is 0 Å². The summed E-state index contributed by atoms with van der Waals surface area (Å²) >= 11 is 0. The van der Waals surface area contributed by atoms with Crippen LogP contribution in [0.15, 0.2) is 36.5 Å². The molecule has 0 saturated heterocycles. The van der Waals surface area contributed by atoms with Gasteiger partial charge in [-0.2, -0.15) is 0 Å². The highest BCUT2D eigenvalue weighted by Crippen LogP contribution is 2.09. The van der Waals surface area contributed by atoms with E-state index in [-0.39, 0.29) is 0 Å². The number of nitrogens with one attached hydrogen (secondary N) is 1. The van der Waals surface area contributed by atoms with Gasteiger partial charge in [-0.25, -0.2) is 0 Å². The molecule has 0 fully saturated rings. The summed E-state index contributed by atoms with van der Waals surface area (Å²) in [6.45, 7) is 5.77. The molecule has 0 unspecified atom stereocenters. The highest BCUT2D eigenvalue weighted by molar-refractivity contribution is 5.18. The average molecular weight is 163 g/mol. The SMILES string of the molecule is C=CCCNCC1=CC=CCC1. The second-order valence-corrected chi connectivity index (χ2v) is 3.05. The van der Waals surface area contributed by atoms with Crippen molar-refractivity contribution in [3.05, 3.63) is 36.5 Å². The molecule has 1 heteroatoms. The Balaban J connectivity index is 2.09. The molecule has 1 N–H and O–H groups in total. The monoisotopic (exact) mass is 163 g/mol. The molecule has 12 heavy (non-hydrogen) atoms. The first-order valence-electron chi connectivity index (χ1n) is 4.59. The van der Waals surface area contributed by atoms with E-state index in [1.165, 1.54) is 18.4 Å². The lowest BCUT2D eigenvalue weighted by Gasteiger charge is -2.09. The summed E-state index contributed by atoms with van der Waals surface area (Å²) < 4.78 is 0. The van der Waals surface area contributed by atoms with Crippen LogP contribution in [0.2, 0.25) is 0 Å². The summed E-state index contributed by atoms with van der Waals surface area (Å²) in [4.78, 5) is 0. The molecule has 0 aromatic carbocycles. The van der Waals surface area contributed by atoms with Crippen molar-refractivity contribution in [2.75, 3.05) is 13.1 Å².